The van der Waals surface area contributed by atoms with Crippen molar-refractivity contribution in [1.82, 2.24) is 9.62 Å². The number of piperidine rings is 1. The highest BCUT2D eigenvalue weighted by atomic mass is 35.5. The molecule has 4 nitrogen and oxygen atoms in total. The van der Waals surface area contributed by atoms with E-state index in [0.717, 1.165) is 31.5 Å². The summed E-state index contributed by atoms with van der Waals surface area (Å²) >= 11 is 5.85. The molecule has 1 fully saturated rings. The second kappa shape index (κ2) is 7.25. The third kappa shape index (κ3) is 4.91. The summed E-state index contributed by atoms with van der Waals surface area (Å²) in [6, 6.07) is 5.01. The Labute approximate surface area is 136 Å². The average Bonchev–Trinajstić information content (AvgIpc) is 2.47. The standard InChI is InChI=1S/C15H22ClFN2O2S/c1-11(13-3-4-15(17)14(16)9-13)19-7-5-12(6-8-19)10-18-22(2,20)21/h3-4,9,11-12,18H,5-8,10H2,1-2H3. The molecule has 1 heterocycles. The van der Waals surface area contributed by atoms with Crippen LogP contribution in [0.2, 0.25) is 5.02 Å². The molecule has 1 aliphatic rings. The zero-order valence-electron chi connectivity index (χ0n) is 12.9. The van der Waals surface area contributed by atoms with Gasteiger partial charge in [-0.3, -0.25) is 4.90 Å². The molecular weight excluding hydrogens is 327 g/mol. The highest BCUT2D eigenvalue weighted by Gasteiger charge is 2.24. The lowest BCUT2D eigenvalue weighted by atomic mass is 9.95. The van der Waals surface area contributed by atoms with E-state index < -0.39 is 15.8 Å². The molecule has 22 heavy (non-hydrogen) atoms. The van der Waals surface area contributed by atoms with E-state index in [-0.39, 0.29) is 11.1 Å². The SMILES string of the molecule is CC(c1ccc(F)c(Cl)c1)N1CCC(CNS(C)(=O)=O)CC1. The molecule has 1 aromatic rings. The fourth-order valence-electron chi connectivity index (χ4n) is 2.80. The van der Waals surface area contributed by atoms with Gasteiger partial charge in [-0.25, -0.2) is 17.5 Å². The van der Waals surface area contributed by atoms with E-state index in [0.29, 0.717) is 12.5 Å². The molecule has 0 spiro atoms. The van der Waals surface area contributed by atoms with Gasteiger partial charge in [0.15, 0.2) is 0 Å². The maximum absolute atomic E-state index is 13.2. The van der Waals surface area contributed by atoms with Crippen LogP contribution in [0.25, 0.3) is 0 Å². The van der Waals surface area contributed by atoms with E-state index in [1.807, 2.05) is 0 Å². The summed E-state index contributed by atoms with van der Waals surface area (Å²) in [7, 11) is -3.12. The number of hydrogen-bond donors (Lipinski definition) is 1. The van der Waals surface area contributed by atoms with Gasteiger partial charge in [-0.1, -0.05) is 17.7 Å². The van der Waals surface area contributed by atoms with E-state index in [1.54, 1.807) is 12.1 Å². The normalized spacial score (nSPS) is 19.3. The quantitative estimate of drug-likeness (QED) is 0.890. The Kier molecular flexibility index (Phi) is 5.82. The van der Waals surface area contributed by atoms with E-state index in [1.165, 1.54) is 12.3 Å². The maximum atomic E-state index is 13.2. The molecule has 2 rings (SSSR count). The molecule has 1 aromatic carbocycles. The highest BCUT2D eigenvalue weighted by Crippen LogP contribution is 2.28. The monoisotopic (exact) mass is 348 g/mol. The number of hydrogen-bond acceptors (Lipinski definition) is 3. The van der Waals surface area contributed by atoms with Crippen molar-refractivity contribution in [3.8, 4) is 0 Å². The van der Waals surface area contributed by atoms with Crippen LogP contribution in [0, 0.1) is 11.7 Å². The molecule has 1 aliphatic heterocycles. The zero-order valence-corrected chi connectivity index (χ0v) is 14.4. The van der Waals surface area contributed by atoms with Crippen molar-refractivity contribution in [2.45, 2.75) is 25.8 Å². The van der Waals surface area contributed by atoms with Gasteiger partial charge >= 0.3 is 0 Å². The lowest BCUT2D eigenvalue weighted by Gasteiger charge is -2.36. The Morgan fingerprint density at radius 3 is 2.59 bits per heavy atom. The minimum Gasteiger partial charge on any atom is -0.297 e. The Morgan fingerprint density at radius 1 is 1.41 bits per heavy atom. The van der Waals surface area contributed by atoms with Crippen molar-refractivity contribution in [3.05, 3.63) is 34.6 Å². The predicted octanol–water partition coefficient (Wildman–Crippen LogP) is 2.80. The molecule has 1 atom stereocenters. The first-order valence-electron chi connectivity index (χ1n) is 7.40. The summed E-state index contributed by atoms with van der Waals surface area (Å²) in [5.41, 5.74) is 0.999. The molecule has 0 saturated carbocycles. The van der Waals surface area contributed by atoms with E-state index in [2.05, 4.69) is 16.5 Å². The summed E-state index contributed by atoms with van der Waals surface area (Å²) in [6.45, 7) is 4.38. The van der Waals surface area contributed by atoms with Crippen molar-refractivity contribution < 1.29 is 12.8 Å². The molecular formula is C15H22ClFN2O2S. The summed E-state index contributed by atoms with van der Waals surface area (Å²) in [4.78, 5) is 2.32. The van der Waals surface area contributed by atoms with Crippen LogP contribution in [-0.4, -0.2) is 39.2 Å². The smallest absolute Gasteiger partial charge is 0.208 e. The number of benzene rings is 1. The lowest BCUT2D eigenvalue weighted by molar-refractivity contribution is 0.142. The van der Waals surface area contributed by atoms with E-state index >= 15 is 0 Å². The molecule has 124 valence electrons. The summed E-state index contributed by atoms with van der Waals surface area (Å²) in [5.74, 6) is -0.0295. The van der Waals surface area contributed by atoms with E-state index in [9.17, 15) is 12.8 Å². The predicted molar refractivity (Wildman–Crippen MR) is 87.0 cm³/mol. The topological polar surface area (TPSA) is 49.4 Å². The molecule has 0 aromatic heterocycles. The van der Waals surface area contributed by atoms with Gasteiger partial charge in [0.1, 0.15) is 5.82 Å². The van der Waals surface area contributed by atoms with Gasteiger partial charge in [-0.05, 0) is 56.5 Å². The minimum absolute atomic E-state index is 0.150. The van der Waals surface area contributed by atoms with Crippen molar-refractivity contribution in [2.24, 2.45) is 5.92 Å². The van der Waals surface area contributed by atoms with Crippen molar-refractivity contribution in [3.63, 3.8) is 0 Å². The van der Waals surface area contributed by atoms with Crippen LogP contribution in [-0.2, 0) is 10.0 Å². The number of nitrogens with one attached hydrogen (secondary N) is 1. The van der Waals surface area contributed by atoms with Gasteiger partial charge in [0, 0.05) is 12.6 Å². The fourth-order valence-corrected chi connectivity index (χ4v) is 3.52. The van der Waals surface area contributed by atoms with Gasteiger partial charge in [0.25, 0.3) is 0 Å². The molecule has 0 radical (unpaired) electrons. The van der Waals surface area contributed by atoms with Crippen molar-refractivity contribution in [1.29, 1.82) is 0 Å². The van der Waals surface area contributed by atoms with Crippen molar-refractivity contribution >= 4 is 21.6 Å². The molecule has 1 N–H and O–H groups in total. The maximum Gasteiger partial charge on any atom is 0.208 e. The molecule has 1 unspecified atom stereocenters. The van der Waals surface area contributed by atoms with Crippen LogP contribution in [0.5, 0.6) is 0 Å². The van der Waals surface area contributed by atoms with Crippen LogP contribution in [0.15, 0.2) is 18.2 Å². The van der Waals surface area contributed by atoms with Gasteiger partial charge in [-0.2, -0.15) is 0 Å². The molecule has 0 aliphatic carbocycles. The number of likely N-dealkylation sites (tertiary alicyclic amines) is 1. The van der Waals surface area contributed by atoms with Crippen LogP contribution in [0.3, 0.4) is 0 Å². The second-order valence-corrected chi connectivity index (χ2v) is 8.19. The summed E-state index contributed by atoms with van der Waals surface area (Å²) in [6.07, 6.45) is 3.08. The van der Waals surface area contributed by atoms with Crippen LogP contribution >= 0.6 is 11.6 Å². The zero-order chi connectivity index (χ0) is 16.3. The minimum atomic E-state index is -3.12. The lowest BCUT2D eigenvalue weighted by Crippen LogP contribution is -2.39. The van der Waals surface area contributed by atoms with Gasteiger partial charge in [-0.15, -0.1) is 0 Å². The van der Waals surface area contributed by atoms with E-state index in [4.69, 9.17) is 11.6 Å². The highest BCUT2D eigenvalue weighted by molar-refractivity contribution is 7.88. The summed E-state index contributed by atoms with van der Waals surface area (Å²) in [5, 5.41) is 0.150. The molecule has 0 amide bonds. The molecule has 1 saturated heterocycles. The van der Waals surface area contributed by atoms with Crippen molar-refractivity contribution in [2.75, 3.05) is 25.9 Å². The number of rotatable bonds is 5. The number of sulfonamides is 1. The number of halogens is 2. The largest absolute Gasteiger partial charge is 0.297 e. The Bertz CT molecular complexity index is 616. The first kappa shape index (κ1) is 17.7. The van der Waals surface area contributed by atoms with Gasteiger partial charge < -0.3 is 0 Å². The fraction of sp³-hybridized carbons (Fsp3) is 0.600. The van der Waals surface area contributed by atoms with Crippen LogP contribution < -0.4 is 4.72 Å². The van der Waals surface area contributed by atoms with Gasteiger partial charge in [0.2, 0.25) is 10.0 Å². The molecule has 0 bridgehead atoms. The van der Waals surface area contributed by atoms with Crippen LogP contribution in [0.4, 0.5) is 4.39 Å². The third-order valence-corrected chi connectivity index (χ3v) is 5.24. The average molecular weight is 349 g/mol. The van der Waals surface area contributed by atoms with Crippen LogP contribution in [0.1, 0.15) is 31.4 Å². The number of nitrogens with zero attached hydrogens (tertiary/aromatic N) is 1. The van der Waals surface area contributed by atoms with Gasteiger partial charge in [0.05, 0.1) is 11.3 Å². The third-order valence-electron chi connectivity index (χ3n) is 4.26. The second-order valence-electron chi connectivity index (χ2n) is 5.95. The first-order chi connectivity index (χ1) is 10.3. The first-order valence-corrected chi connectivity index (χ1v) is 9.67. The summed E-state index contributed by atoms with van der Waals surface area (Å²) < 4.78 is 38.1. The Hall–Kier alpha value is -0.690. The Morgan fingerprint density at radius 2 is 2.05 bits per heavy atom. The molecule has 7 heteroatoms. The Balaban J connectivity index is 1.89.